The third kappa shape index (κ3) is 7.66. The Morgan fingerprint density at radius 1 is 1.04 bits per heavy atom. The molecule has 0 bridgehead atoms. The normalized spacial score (nSPS) is 19.4. The van der Waals surface area contributed by atoms with Gasteiger partial charge in [-0.2, -0.15) is 8.78 Å². The molecule has 15 nitrogen and oxygen atoms in total. The zero-order valence-corrected chi connectivity index (χ0v) is 32.2. The van der Waals surface area contributed by atoms with Gasteiger partial charge in [0.2, 0.25) is 5.91 Å². The Balaban J connectivity index is 1.12. The van der Waals surface area contributed by atoms with Crippen LogP contribution in [0.2, 0.25) is 0 Å². The van der Waals surface area contributed by atoms with Crippen molar-refractivity contribution in [3.05, 3.63) is 139 Å². The van der Waals surface area contributed by atoms with Gasteiger partial charge in [-0.05, 0) is 16.7 Å². The highest BCUT2D eigenvalue weighted by atomic mass is 32.2. The summed E-state index contributed by atoms with van der Waals surface area (Å²) in [5, 5.41) is 26.9. The van der Waals surface area contributed by atoms with Crippen LogP contribution >= 0.6 is 34.9 Å². The number of H-pyrrole nitrogens is 1. The monoisotopic (exact) mass is 834 g/mol. The fraction of sp³-hybridized carbons (Fsp3) is 0.243. The average Bonchev–Trinajstić information content (AvgIpc) is 3.69. The third-order valence-corrected chi connectivity index (χ3v) is 13.2. The van der Waals surface area contributed by atoms with Gasteiger partial charge in [-0.25, -0.2) is 10.1 Å². The zero-order chi connectivity index (χ0) is 40.3. The number of carboxylic acid groups (broad SMARTS) is 1. The van der Waals surface area contributed by atoms with Crippen molar-refractivity contribution in [2.24, 2.45) is 17.6 Å². The second-order valence-corrected chi connectivity index (χ2v) is 15.9. The van der Waals surface area contributed by atoms with Crippen molar-refractivity contribution in [3.8, 4) is 0 Å². The molecule has 3 aromatic carbocycles. The Morgan fingerprint density at radius 3 is 2.19 bits per heavy atom. The molecule has 2 aliphatic heterocycles. The lowest BCUT2D eigenvalue weighted by Crippen LogP contribution is -2.74. The standard InChI is InChI=1S/C37H32F2N8O7S3/c1-46-30(51)28(49)43-44-35(46)57-20-36(32(52)53)18-47-29(50)26(31(47)56-19-36)41-27(48)25(45-54-33(38)39)24-17-55-34(40-24)42-37(21-11-5-2-6-12-21,22-13-7-3-8-14-22)23-15-9-4-10-16-23/h2-17,26,31,33H,18-20H2,1H3,(H,40,42)(H,41,48)(H,43,49)(H,52,53)/t26?,31-,36?/m1/s1. The van der Waals surface area contributed by atoms with Gasteiger partial charge in [-0.15, -0.1) is 28.2 Å². The molecule has 294 valence electrons. The van der Waals surface area contributed by atoms with Gasteiger partial charge < -0.3 is 25.5 Å². The second kappa shape index (κ2) is 16.3. The van der Waals surface area contributed by atoms with Crippen LogP contribution in [-0.4, -0.2) is 89.3 Å². The molecule has 0 spiro atoms. The second-order valence-electron chi connectivity index (χ2n) is 13.0. The number of nitrogens with zero attached hydrogens (tertiary/aromatic N) is 5. The van der Waals surface area contributed by atoms with Crippen LogP contribution in [0.15, 0.2) is 116 Å². The summed E-state index contributed by atoms with van der Waals surface area (Å²) in [6.45, 7) is -3.59. The van der Waals surface area contributed by atoms with E-state index >= 15 is 0 Å². The summed E-state index contributed by atoms with van der Waals surface area (Å²) in [7, 11) is 1.33. The van der Waals surface area contributed by atoms with Crippen LogP contribution in [0.3, 0.4) is 0 Å². The Bertz CT molecular complexity index is 2340. The molecule has 0 saturated carbocycles. The summed E-state index contributed by atoms with van der Waals surface area (Å²) in [5.74, 6) is -2.90. The van der Waals surface area contributed by atoms with E-state index in [1.165, 1.54) is 17.3 Å². The Labute approximate surface area is 334 Å². The van der Waals surface area contributed by atoms with E-state index in [1.54, 1.807) is 0 Å². The number of fused-ring (bicyclic) bond motifs is 1. The first-order chi connectivity index (χ1) is 27.4. The van der Waals surface area contributed by atoms with Crippen molar-refractivity contribution in [1.82, 2.24) is 30.0 Å². The summed E-state index contributed by atoms with van der Waals surface area (Å²) in [4.78, 5) is 73.5. The summed E-state index contributed by atoms with van der Waals surface area (Å²) in [5.41, 5.74) is -2.35. The van der Waals surface area contributed by atoms with Gasteiger partial charge in [0.15, 0.2) is 16.0 Å². The van der Waals surface area contributed by atoms with Crippen LogP contribution in [0.4, 0.5) is 13.9 Å². The van der Waals surface area contributed by atoms with E-state index in [4.69, 9.17) is 0 Å². The van der Waals surface area contributed by atoms with E-state index in [0.717, 1.165) is 56.1 Å². The van der Waals surface area contributed by atoms with Crippen LogP contribution in [0.1, 0.15) is 22.4 Å². The minimum Gasteiger partial charge on any atom is -0.481 e. The lowest BCUT2D eigenvalue weighted by Gasteiger charge is -2.53. The fourth-order valence-corrected chi connectivity index (χ4v) is 10.1. The fourth-order valence-electron chi connectivity index (χ4n) is 6.59. The Kier molecular flexibility index (Phi) is 11.3. The number of carbonyl (C=O) groups is 3. The number of nitrogens with one attached hydrogen (secondary N) is 3. The van der Waals surface area contributed by atoms with E-state index in [9.17, 15) is 37.9 Å². The smallest absolute Gasteiger partial charge is 0.407 e. The number of carbonyl (C=O) groups excluding carboxylic acids is 2. The van der Waals surface area contributed by atoms with Gasteiger partial charge in [0.25, 0.3) is 5.91 Å². The highest BCUT2D eigenvalue weighted by molar-refractivity contribution is 8.00. The number of hydrogen-bond donors (Lipinski definition) is 4. The number of thioether (sulfide) groups is 2. The van der Waals surface area contributed by atoms with Gasteiger partial charge in [0.1, 0.15) is 28.1 Å². The number of carboxylic acids is 1. The van der Waals surface area contributed by atoms with Crippen LogP contribution in [0, 0.1) is 5.41 Å². The van der Waals surface area contributed by atoms with Crippen LogP contribution < -0.4 is 21.8 Å². The van der Waals surface area contributed by atoms with Gasteiger partial charge in [0.05, 0.1) is 0 Å². The van der Waals surface area contributed by atoms with Crippen LogP contribution in [0.5, 0.6) is 0 Å². The molecule has 2 aliphatic rings. The van der Waals surface area contributed by atoms with E-state index in [1.807, 2.05) is 91.0 Å². The molecule has 2 saturated heterocycles. The van der Waals surface area contributed by atoms with Gasteiger partial charge in [0, 0.05) is 30.5 Å². The van der Waals surface area contributed by atoms with Gasteiger partial charge in [-0.1, -0.05) is 108 Å². The largest absolute Gasteiger partial charge is 0.481 e. The average molecular weight is 835 g/mol. The summed E-state index contributed by atoms with van der Waals surface area (Å²) >= 11 is 3.15. The minimum atomic E-state index is -3.36. The topological polar surface area (TPSA) is 201 Å². The molecule has 20 heteroatoms. The van der Waals surface area contributed by atoms with Crippen molar-refractivity contribution in [2.75, 3.05) is 23.4 Å². The Hall–Kier alpha value is -5.86. The number of benzene rings is 3. The number of aromatic amines is 1. The number of halogens is 2. The molecule has 4 heterocycles. The van der Waals surface area contributed by atoms with E-state index in [2.05, 4.69) is 35.8 Å². The Morgan fingerprint density at radius 2 is 1.63 bits per heavy atom. The zero-order valence-electron chi connectivity index (χ0n) is 29.7. The minimum absolute atomic E-state index is 0.00992. The number of aromatic nitrogens is 4. The lowest BCUT2D eigenvalue weighted by atomic mass is 9.77. The predicted octanol–water partition coefficient (Wildman–Crippen LogP) is 3.54. The van der Waals surface area contributed by atoms with Crippen LogP contribution in [-0.2, 0) is 31.8 Å². The predicted molar refractivity (Wildman–Crippen MR) is 209 cm³/mol. The molecule has 2 unspecified atom stereocenters. The molecule has 2 amide bonds. The number of anilines is 1. The van der Waals surface area contributed by atoms with Crippen molar-refractivity contribution < 1.29 is 33.1 Å². The number of oxime groups is 1. The third-order valence-electron chi connectivity index (χ3n) is 9.50. The van der Waals surface area contributed by atoms with Crippen molar-refractivity contribution >= 4 is 63.5 Å². The quantitative estimate of drug-likeness (QED) is 0.0317. The molecule has 57 heavy (non-hydrogen) atoms. The first-order valence-corrected chi connectivity index (χ1v) is 20.0. The number of hydrogen-bond acceptors (Lipinski definition) is 13. The molecule has 2 aromatic heterocycles. The maximum absolute atomic E-state index is 13.8. The van der Waals surface area contributed by atoms with Gasteiger partial charge >= 0.3 is 23.7 Å². The molecule has 7 rings (SSSR count). The van der Waals surface area contributed by atoms with Crippen molar-refractivity contribution in [1.29, 1.82) is 0 Å². The van der Waals surface area contributed by atoms with E-state index < -0.39 is 63.6 Å². The molecular formula is C37H32F2N8O7S3. The summed E-state index contributed by atoms with van der Waals surface area (Å²) < 4.78 is 27.6. The lowest BCUT2D eigenvalue weighted by molar-refractivity contribution is -0.157. The highest BCUT2D eigenvalue weighted by Gasteiger charge is 2.57. The summed E-state index contributed by atoms with van der Waals surface area (Å²) in [6, 6.07) is 27.8. The van der Waals surface area contributed by atoms with E-state index in [0.29, 0.717) is 5.13 Å². The SMILES string of the molecule is Cn1c(SCC2(C(=O)O)CS[C@@H]3C(NC(=O)C(=NOC(F)F)c4csc(NC(c5ccccc5)(c5ccccc5)c5ccccc5)n4)C(=O)N3C2)n[nH]c(=O)c1=O. The van der Waals surface area contributed by atoms with Crippen molar-refractivity contribution in [2.45, 2.75) is 28.7 Å². The number of amides is 2. The molecule has 3 atom stereocenters. The highest BCUT2D eigenvalue weighted by Crippen LogP contribution is 2.45. The summed E-state index contributed by atoms with van der Waals surface area (Å²) in [6.07, 6.45) is 0. The first-order valence-electron chi connectivity index (χ1n) is 17.1. The maximum Gasteiger partial charge on any atom is 0.407 e. The molecule has 0 aliphatic carbocycles. The number of aliphatic carboxylic acids is 1. The molecular weight excluding hydrogens is 803 g/mol. The van der Waals surface area contributed by atoms with E-state index in [-0.39, 0.29) is 28.9 Å². The van der Waals surface area contributed by atoms with Gasteiger partial charge in [-0.3, -0.25) is 28.5 Å². The molecule has 5 aromatic rings. The van der Waals surface area contributed by atoms with Crippen LogP contribution in [0.25, 0.3) is 0 Å². The number of alkyl halides is 2. The number of β-lactam (4-membered cyclic amide) rings is 1. The number of rotatable bonds is 14. The maximum atomic E-state index is 13.8. The number of thiazole rings is 1. The first kappa shape index (κ1) is 39.4. The molecule has 2 fully saturated rings. The molecule has 0 radical (unpaired) electrons. The van der Waals surface area contributed by atoms with Crippen molar-refractivity contribution in [3.63, 3.8) is 0 Å². The molecule has 4 N–H and O–H groups in total.